The van der Waals surface area contributed by atoms with Crippen molar-refractivity contribution in [1.82, 2.24) is 14.9 Å². The van der Waals surface area contributed by atoms with Crippen molar-refractivity contribution in [1.29, 1.82) is 0 Å². The first-order valence-corrected chi connectivity index (χ1v) is 9.44. The van der Waals surface area contributed by atoms with Crippen molar-refractivity contribution in [2.75, 3.05) is 45.2 Å². The molecule has 7 heteroatoms. The summed E-state index contributed by atoms with van der Waals surface area (Å²) >= 11 is 1.58. The number of ether oxygens (including phenoxy) is 1. The second-order valence-corrected chi connectivity index (χ2v) is 7.15. The molecule has 1 aliphatic rings. The van der Waals surface area contributed by atoms with E-state index in [4.69, 9.17) is 4.74 Å². The summed E-state index contributed by atoms with van der Waals surface area (Å²) in [5, 5.41) is 4.30. The maximum Gasteiger partial charge on any atom is 0.189 e. The molecule has 0 saturated carbocycles. The fraction of sp³-hybridized carbons (Fsp3) is 0.500. The van der Waals surface area contributed by atoms with Gasteiger partial charge in [0.25, 0.3) is 0 Å². The van der Waals surface area contributed by atoms with E-state index in [1.807, 2.05) is 25.4 Å². The van der Waals surface area contributed by atoms with E-state index < -0.39 is 0 Å². The van der Waals surface area contributed by atoms with E-state index in [-0.39, 0.29) is 0 Å². The highest BCUT2D eigenvalue weighted by Crippen LogP contribution is 2.25. The Morgan fingerprint density at radius 2 is 2.32 bits per heavy atom. The molecular weight excluding hydrogens is 334 g/mol. The summed E-state index contributed by atoms with van der Waals surface area (Å²) < 4.78 is 5.44. The van der Waals surface area contributed by atoms with Gasteiger partial charge < -0.3 is 15.0 Å². The lowest BCUT2D eigenvalue weighted by Crippen LogP contribution is -2.39. The van der Waals surface area contributed by atoms with Gasteiger partial charge in [-0.25, -0.2) is 9.97 Å². The minimum Gasteiger partial charge on any atom is -0.379 e. The van der Waals surface area contributed by atoms with Gasteiger partial charge in [-0.1, -0.05) is 17.4 Å². The zero-order chi connectivity index (χ0) is 17.5. The van der Waals surface area contributed by atoms with Gasteiger partial charge in [-0.3, -0.25) is 4.90 Å². The van der Waals surface area contributed by atoms with E-state index in [0.717, 1.165) is 60.4 Å². The van der Waals surface area contributed by atoms with E-state index in [1.165, 1.54) is 0 Å². The smallest absolute Gasteiger partial charge is 0.189 e. The van der Waals surface area contributed by atoms with Crippen LogP contribution in [-0.2, 0) is 4.74 Å². The van der Waals surface area contributed by atoms with Gasteiger partial charge in [0.15, 0.2) is 5.13 Å². The number of allylic oxidation sites excluding steroid dienone is 1. The summed E-state index contributed by atoms with van der Waals surface area (Å²) in [5.74, 6) is 0.418. The molecule has 0 aromatic carbocycles. The minimum absolute atomic E-state index is 0.418. The summed E-state index contributed by atoms with van der Waals surface area (Å²) in [6, 6.07) is 3.90. The Hall–Kier alpha value is -1.83. The Bertz CT molecular complexity index is 703. The molecule has 2 aromatic rings. The van der Waals surface area contributed by atoms with Gasteiger partial charge in [-0.15, -0.1) is 0 Å². The Labute approximate surface area is 152 Å². The first kappa shape index (κ1) is 18.0. The predicted octanol–water partition coefficient (Wildman–Crippen LogP) is 3.05. The summed E-state index contributed by atoms with van der Waals surface area (Å²) in [5.41, 5.74) is 2.05. The van der Waals surface area contributed by atoms with Crippen molar-refractivity contribution in [2.45, 2.75) is 13.3 Å². The molecule has 1 N–H and O–H groups in total. The zero-order valence-corrected chi connectivity index (χ0v) is 15.6. The lowest BCUT2D eigenvalue weighted by Gasteiger charge is -2.29. The fourth-order valence-electron chi connectivity index (χ4n) is 2.94. The standard InChI is InChI=1S/C18H25N5OS/c1-14(21-18-22-16-4-3-6-20-17(16)25-18)12-15(5-7-19-2)13-23-8-10-24-11-9-23/h3-4,6-7,12,15H,5,8-11,13H2,1-2H3,(H,21,22)/b14-12+,19-7?. The third-order valence-corrected chi connectivity index (χ3v) is 5.04. The average Bonchev–Trinajstić information content (AvgIpc) is 3.02. The Kier molecular flexibility index (Phi) is 6.49. The number of aliphatic imine (C=N–C) groups is 1. The molecule has 25 heavy (non-hydrogen) atoms. The van der Waals surface area contributed by atoms with Crippen molar-refractivity contribution in [2.24, 2.45) is 10.9 Å². The van der Waals surface area contributed by atoms with E-state index in [2.05, 4.69) is 38.2 Å². The topological polar surface area (TPSA) is 62.6 Å². The molecule has 134 valence electrons. The molecule has 0 bridgehead atoms. The highest BCUT2D eigenvalue weighted by atomic mass is 32.1. The minimum atomic E-state index is 0.418. The number of hydrogen-bond acceptors (Lipinski definition) is 7. The maximum atomic E-state index is 5.44. The molecule has 1 saturated heterocycles. The number of thiazole rings is 1. The van der Waals surface area contributed by atoms with Gasteiger partial charge >= 0.3 is 0 Å². The van der Waals surface area contributed by atoms with Crippen molar-refractivity contribution in [3.05, 3.63) is 30.1 Å². The molecule has 0 spiro atoms. The highest BCUT2D eigenvalue weighted by molar-refractivity contribution is 7.21. The van der Waals surface area contributed by atoms with Crippen LogP contribution in [0.15, 0.2) is 35.1 Å². The molecule has 2 aromatic heterocycles. The van der Waals surface area contributed by atoms with E-state index >= 15 is 0 Å². The molecule has 0 radical (unpaired) electrons. The zero-order valence-electron chi connectivity index (χ0n) is 14.8. The lowest BCUT2D eigenvalue weighted by atomic mass is 10.0. The molecule has 3 heterocycles. The van der Waals surface area contributed by atoms with Crippen molar-refractivity contribution < 1.29 is 4.74 Å². The van der Waals surface area contributed by atoms with Gasteiger partial charge in [-0.05, 0) is 37.6 Å². The normalized spacial score (nSPS) is 18.1. The van der Waals surface area contributed by atoms with Gasteiger partial charge in [0, 0.05) is 38.6 Å². The Morgan fingerprint density at radius 1 is 1.48 bits per heavy atom. The van der Waals surface area contributed by atoms with Crippen LogP contribution in [0.2, 0.25) is 0 Å². The van der Waals surface area contributed by atoms with Crippen LogP contribution in [0.3, 0.4) is 0 Å². The first-order chi connectivity index (χ1) is 12.2. The van der Waals surface area contributed by atoms with Gasteiger partial charge in [0.05, 0.1) is 13.2 Å². The molecule has 1 atom stereocenters. The first-order valence-electron chi connectivity index (χ1n) is 8.62. The Balaban J connectivity index is 1.66. The largest absolute Gasteiger partial charge is 0.379 e. The number of nitrogens with one attached hydrogen (secondary N) is 1. The SMILES string of the molecule is CN=CCC(/C=C(\C)Nc1nc2cccnc2s1)CN1CCOCC1. The molecule has 3 rings (SSSR count). The number of nitrogens with zero attached hydrogens (tertiary/aromatic N) is 4. The Morgan fingerprint density at radius 3 is 3.08 bits per heavy atom. The molecule has 1 fully saturated rings. The molecule has 6 nitrogen and oxygen atoms in total. The van der Waals surface area contributed by atoms with E-state index in [9.17, 15) is 0 Å². The molecule has 1 unspecified atom stereocenters. The number of morpholine rings is 1. The van der Waals surface area contributed by atoms with Crippen LogP contribution >= 0.6 is 11.3 Å². The summed E-state index contributed by atoms with van der Waals surface area (Å²) in [6.07, 6.45) is 7.02. The van der Waals surface area contributed by atoms with Crippen LogP contribution in [0.25, 0.3) is 10.3 Å². The average molecular weight is 359 g/mol. The van der Waals surface area contributed by atoms with Crippen LogP contribution < -0.4 is 5.32 Å². The molecule has 1 aliphatic heterocycles. The quantitative estimate of drug-likeness (QED) is 0.770. The lowest BCUT2D eigenvalue weighted by molar-refractivity contribution is 0.0338. The van der Waals surface area contributed by atoms with Crippen LogP contribution in [0.1, 0.15) is 13.3 Å². The van der Waals surface area contributed by atoms with Crippen molar-refractivity contribution >= 4 is 33.0 Å². The number of rotatable bonds is 7. The second kappa shape index (κ2) is 9.03. The number of anilines is 1. The van der Waals surface area contributed by atoms with Crippen LogP contribution in [-0.4, -0.2) is 61.0 Å². The van der Waals surface area contributed by atoms with Gasteiger partial charge in [0.1, 0.15) is 10.3 Å². The number of aromatic nitrogens is 2. The third kappa shape index (κ3) is 5.32. The molecule has 0 amide bonds. The number of pyridine rings is 1. The maximum absolute atomic E-state index is 5.44. The predicted molar refractivity (Wildman–Crippen MR) is 105 cm³/mol. The van der Waals surface area contributed by atoms with Crippen LogP contribution in [0, 0.1) is 5.92 Å². The van der Waals surface area contributed by atoms with Crippen LogP contribution in [0.4, 0.5) is 5.13 Å². The number of fused-ring (bicyclic) bond motifs is 1. The van der Waals surface area contributed by atoms with Crippen molar-refractivity contribution in [3.63, 3.8) is 0 Å². The van der Waals surface area contributed by atoms with Crippen LogP contribution in [0.5, 0.6) is 0 Å². The van der Waals surface area contributed by atoms with E-state index in [1.54, 1.807) is 17.5 Å². The third-order valence-electron chi connectivity index (χ3n) is 4.14. The monoisotopic (exact) mass is 359 g/mol. The summed E-state index contributed by atoms with van der Waals surface area (Å²) in [4.78, 5) is 16.5. The van der Waals surface area contributed by atoms with E-state index in [0.29, 0.717) is 5.92 Å². The summed E-state index contributed by atoms with van der Waals surface area (Å²) in [7, 11) is 1.83. The van der Waals surface area contributed by atoms with Gasteiger partial charge in [0.2, 0.25) is 0 Å². The van der Waals surface area contributed by atoms with Crippen molar-refractivity contribution in [3.8, 4) is 0 Å². The number of hydrogen-bond donors (Lipinski definition) is 1. The highest BCUT2D eigenvalue weighted by Gasteiger charge is 2.15. The molecule has 0 aliphatic carbocycles. The molecular formula is C18H25N5OS. The van der Waals surface area contributed by atoms with Gasteiger partial charge in [-0.2, -0.15) is 0 Å². The fourth-order valence-corrected chi connectivity index (χ4v) is 3.81. The summed E-state index contributed by atoms with van der Waals surface area (Å²) in [6.45, 7) is 6.78. The second-order valence-electron chi connectivity index (χ2n) is 6.17.